The molecule has 0 bridgehead atoms. The zero-order chi connectivity index (χ0) is 18.9. The third kappa shape index (κ3) is 5.53. The number of nitrogens with zero attached hydrogens (tertiary/aromatic N) is 2. The van der Waals surface area contributed by atoms with E-state index in [2.05, 4.69) is 54.4 Å². The lowest BCUT2D eigenvalue weighted by Crippen LogP contribution is -1.88. The molecule has 2 heterocycles. The van der Waals surface area contributed by atoms with Crippen molar-refractivity contribution in [2.45, 2.75) is 39.5 Å². The monoisotopic (exact) mass is 418 g/mol. The molecule has 0 saturated heterocycles. The number of rotatable bonds is 3. The molecule has 1 fully saturated rings. The van der Waals surface area contributed by atoms with Gasteiger partial charge in [-0.25, -0.2) is 4.98 Å². The van der Waals surface area contributed by atoms with Gasteiger partial charge in [0.25, 0.3) is 0 Å². The molecule has 1 saturated carbocycles. The van der Waals surface area contributed by atoms with Crippen molar-refractivity contribution in [1.82, 2.24) is 15.0 Å². The Bertz CT molecular complexity index is 781. The number of pyridine rings is 1. The van der Waals surface area contributed by atoms with Crippen molar-refractivity contribution in [2.75, 3.05) is 12.4 Å². The maximum atomic E-state index is 10.5. The van der Waals surface area contributed by atoms with Gasteiger partial charge in [0.2, 0.25) is 5.95 Å². The second kappa shape index (κ2) is 10.3. The fraction of sp³-hybridized carbons (Fsp3) is 0.450. The van der Waals surface area contributed by atoms with Crippen LogP contribution in [0.15, 0.2) is 40.5 Å². The second-order valence-electron chi connectivity index (χ2n) is 6.04. The molecule has 1 unspecified atom stereocenters. The highest BCUT2D eigenvalue weighted by Crippen LogP contribution is 2.43. The number of anilines is 1. The van der Waals surface area contributed by atoms with Crippen molar-refractivity contribution in [1.29, 1.82) is 0 Å². The predicted molar refractivity (Wildman–Crippen MR) is 111 cm³/mol. The second-order valence-corrected chi connectivity index (χ2v) is 6.96. The first-order valence-corrected chi connectivity index (χ1v) is 10.0. The number of nitrogens with one attached hydrogen (secondary N) is 2. The summed E-state index contributed by atoms with van der Waals surface area (Å²) in [5.74, 6) is 1.63. The number of hydrogen-bond acceptors (Lipinski definition) is 4. The smallest absolute Gasteiger partial charge is 0.202 e. The molecular formula is C20H27BrN4O. The minimum absolute atomic E-state index is 0.332. The van der Waals surface area contributed by atoms with E-state index in [9.17, 15) is 4.79 Å². The Labute approximate surface area is 163 Å². The number of aromatic amines is 1. The fourth-order valence-electron chi connectivity index (χ4n) is 2.81. The lowest BCUT2D eigenvalue weighted by Gasteiger charge is -1.95. The molecule has 0 radical (unpaired) electrons. The topological polar surface area (TPSA) is 70.7 Å². The third-order valence-electron chi connectivity index (χ3n) is 4.25. The predicted octanol–water partition coefficient (Wildman–Crippen LogP) is 5.28. The van der Waals surface area contributed by atoms with Gasteiger partial charge in [-0.05, 0) is 59.2 Å². The molecule has 2 aromatic heterocycles. The third-order valence-corrected chi connectivity index (χ3v) is 4.68. The average molecular weight is 419 g/mol. The summed E-state index contributed by atoms with van der Waals surface area (Å²) in [7, 11) is 1.81. The van der Waals surface area contributed by atoms with E-state index in [1.54, 1.807) is 6.20 Å². The van der Waals surface area contributed by atoms with Crippen molar-refractivity contribution in [3.63, 3.8) is 0 Å². The van der Waals surface area contributed by atoms with E-state index in [0.717, 1.165) is 34.3 Å². The summed E-state index contributed by atoms with van der Waals surface area (Å²) in [5, 5.41) is 2.91. The molecule has 0 spiro atoms. The number of H-pyrrole nitrogens is 1. The number of hydrogen-bond donors (Lipinski definition) is 2. The highest BCUT2D eigenvalue weighted by atomic mass is 79.9. The minimum atomic E-state index is 0.332. The first-order chi connectivity index (χ1) is 12.7. The standard InChI is InChI=1S/C11H14O.C7H7BrN4.C2H6/c12-8-10-7-11(10)9-5-3-1-2-4-6-9;1-9-7-11-5-2-4(8)3-10-6(5)12-7;1-2/h3,5-6,8,10-11H,1-2,4,7H2;2-3H,1H3,(H2,9,10,11,12);1-2H3/t10-,11?;;/m1../s1. The highest BCUT2D eigenvalue weighted by Gasteiger charge is 2.38. The molecule has 2 aliphatic rings. The first kappa shape index (κ1) is 20.4. The molecule has 140 valence electrons. The SMILES string of the molecule is CC.CNc1nc2ncc(Br)cc2[nH]1.O=C[C@H]1CC1C1=CCCCC=C1. The van der Waals surface area contributed by atoms with E-state index < -0.39 is 0 Å². The fourth-order valence-corrected chi connectivity index (χ4v) is 3.14. The van der Waals surface area contributed by atoms with Gasteiger partial charge in [0, 0.05) is 23.6 Å². The summed E-state index contributed by atoms with van der Waals surface area (Å²) in [6.45, 7) is 4.00. The van der Waals surface area contributed by atoms with Gasteiger partial charge >= 0.3 is 0 Å². The quantitative estimate of drug-likeness (QED) is 0.665. The zero-order valence-corrected chi connectivity index (χ0v) is 17.2. The molecule has 26 heavy (non-hydrogen) atoms. The number of halogens is 1. The van der Waals surface area contributed by atoms with Crippen LogP contribution < -0.4 is 5.32 Å². The number of allylic oxidation sites excluding steroid dienone is 4. The summed E-state index contributed by atoms with van der Waals surface area (Å²) in [4.78, 5) is 21.8. The molecule has 6 heteroatoms. The van der Waals surface area contributed by atoms with Gasteiger partial charge in [-0.15, -0.1) is 0 Å². The summed E-state index contributed by atoms with van der Waals surface area (Å²) >= 11 is 3.33. The van der Waals surface area contributed by atoms with Crippen LogP contribution in [0.2, 0.25) is 0 Å². The van der Waals surface area contributed by atoms with Crippen molar-refractivity contribution < 1.29 is 4.79 Å². The minimum Gasteiger partial charge on any atom is -0.359 e. The Hall–Kier alpha value is -1.95. The van der Waals surface area contributed by atoms with Gasteiger partial charge in [0.05, 0.1) is 5.52 Å². The first-order valence-electron chi connectivity index (χ1n) is 9.22. The lowest BCUT2D eigenvalue weighted by atomic mass is 10.1. The molecule has 5 nitrogen and oxygen atoms in total. The Kier molecular flexibility index (Phi) is 8.04. The average Bonchev–Trinajstić information content (AvgIpc) is 3.41. The molecule has 2 aromatic rings. The molecule has 0 aliphatic heterocycles. The van der Waals surface area contributed by atoms with Crippen LogP contribution in [0.3, 0.4) is 0 Å². The number of imidazole rings is 1. The molecule has 4 rings (SSSR count). The van der Waals surface area contributed by atoms with E-state index >= 15 is 0 Å². The summed E-state index contributed by atoms with van der Waals surface area (Å²) in [6, 6.07) is 1.94. The molecular weight excluding hydrogens is 392 g/mol. The van der Waals surface area contributed by atoms with Gasteiger partial charge < -0.3 is 15.1 Å². The van der Waals surface area contributed by atoms with E-state index in [0.29, 0.717) is 11.8 Å². The number of aromatic nitrogens is 3. The number of fused-ring (bicyclic) bond motifs is 1. The Morgan fingerprint density at radius 2 is 2.15 bits per heavy atom. The summed E-state index contributed by atoms with van der Waals surface area (Å²) in [6.07, 6.45) is 14.3. The van der Waals surface area contributed by atoms with Crippen LogP contribution in [-0.2, 0) is 4.79 Å². The van der Waals surface area contributed by atoms with Crippen molar-refractivity contribution in [3.8, 4) is 0 Å². The normalized spacial score (nSPS) is 20.7. The van der Waals surface area contributed by atoms with E-state index in [1.807, 2.05) is 27.0 Å². The van der Waals surface area contributed by atoms with Crippen LogP contribution in [0, 0.1) is 11.8 Å². The highest BCUT2D eigenvalue weighted by molar-refractivity contribution is 9.10. The van der Waals surface area contributed by atoms with Gasteiger partial charge in [-0.3, -0.25) is 0 Å². The van der Waals surface area contributed by atoms with Gasteiger partial charge in [-0.1, -0.05) is 32.1 Å². The number of carbonyl (C=O) groups is 1. The van der Waals surface area contributed by atoms with Gasteiger partial charge in [0.15, 0.2) is 5.65 Å². The molecule has 2 aliphatic carbocycles. The summed E-state index contributed by atoms with van der Waals surface area (Å²) < 4.78 is 0.946. The maximum Gasteiger partial charge on any atom is 0.202 e. The zero-order valence-electron chi connectivity index (χ0n) is 15.6. The van der Waals surface area contributed by atoms with Crippen molar-refractivity contribution >= 4 is 39.3 Å². The Morgan fingerprint density at radius 1 is 1.35 bits per heavy atom. The lowest BCUT2D eigenvalue weighted by molar-refractivity contribution is -0.109. The van der Waals surface area contributed by atoms with Crippen LogP contribution in [0.4, 0.5) is 5.95 Å². The van der Waals surface area contributed by atoms with Crippen LogP contribution in [-0.4, -0.2) is 28.3 Å². The Balaban J connectivity index is 0.000000171. The molecule has 0 aromatic carbocycles. The molecule has 0 amide bonds. The van der Waals surface area contributed by atoms with E-state index in [4.69, 9.17) is 0 Å². The van der Waals surface area contributed by atoms with Crippen LogP contribution in [0.25, 0.3) is 11.2 Å². The molecule has 2 atom stereocenters. The van der Waals surface area contributed by atoms with Crippen LogP contribution in [0.5, 0.6) is 0 Å². The van der Waals surface area contributed by atoms with Crippen molar-refractivity contribution in [3.05, 3.63) is 40.5 Å². The Morgan fingerprint density at radius 3 is 2.85 bits per heavy atom. The van der Waals surface area contributed by atoms with Gasteiger partial charge in [0.1, 0.15) is 6.29 Å². The van der Waals surface area contributed by atoms with E-state index in [-0.39, 0.29) is 0 Å². The summed E-state index contributed by atoms with van der Waals surface area (Å²) in [5.41, 5.74) is 3.06. The number of carbonyl (C=O) groups excluding carboxylic acids is 1. The van der Waals surface area contributed by atoms with Gasteiger partial charge in [-0.2, -0.15) is 4.98 Å². The van der Waals surface area contributed by atoms with Crippen LogP contribution >= 0.6 is 15.9 Å². The maximum absolute atomic E-state index is 10.5. The van der Waals surface area contributed by atoms with Crippen molar-refractivity contribution in [2.24, 2.45) is 11.8 Å². The largest absolute Gasteiger partial charge is 0.359 e. The van der Waals surface area contributed by atoms with E-state index in [1.165, 1.54) is 24.8 Å². The van der Waals surface area contributed by atoms with Crippen LogP contribution in [0.1, 0.15) is 39.5 Å². The number of aldehydes is 1. The molecule has 2 N–H and O–H groups in total.